The predicted octanol–water partition coefficient (Wildman–Crippen LogP) is 2.48. The second kappa shape index (κ2) is 6.89. The summed E-state index contributed by atoms with van der Waals surface area (Å²) in [6.45, 7) is 4.90. The molecule has 16 heavy (non-hydrogen) atoms. The highest BCUT2D eigenvalue weighted by atomic mass is 16.5. The molecule has 0 aromatic heterocycles. The van der Waals surface area contributed by atoms with Gasteiger partial charge in [0.2, 0.25) is 0 Å². The standard InChI is InChI=1S/C13H25NO2/c1-3-11(9-14)8-13(15)16-12-6-4-10(2)5-7-12/h10-12H,3-9,14H2,1-2H3. The fraction of sp³-hybridized carbons (Fsp3) is 0.923. The maximum absolute atomic E-state index is 11.6. The molecule has 0 aliphatic heterocycles. The summed E-state index contributed by atoms with van der Waals surface area (Å²) in [6.07, 6.45) is 6.04. The Morgan fingerprint density at radius 2 is 2.00 bits per heavy atom. The van der Waals surface area contributed by atoms with Gasteiger partial charge in [0.05, 0.1) is 0 Å². The summed E-state index contributed by atoms with van der Waals surface area (Å²) in [7, 11) is 0. The largest absolute Gasteiger partial charge is 0.462 e. The lowest BCUT2D eigenvalue weighted by Crippen LogP contribution is -2.26. The quantitative estimate of drug-likeness (QED) is 0.734. The average molecular weight is 227 g/mol. The Morgan fingerprint density at radius 1 is 1.38 bits per heavy atom. The van der Waals surface area contributed by atoms with Crippen LogP contribution in [0.15, 0.2) is 0 Å². The van der Waals surface area contributed by atoms with Crippen molar-refractivity contribution in [3.63, 3.8) is 0 Å². The Kier molecular flexibility index (Phi) is 5.81. The third-order valence-corrected chi connectivity index (χ3v) is 3.63. The van der Waals surface area contributed by atoms with E-state index in [0.29, 0.717) is 13.0 Å². The topological polar surface area (TPSA) is 52.3 Å². The normalized spacial score (nSPS) is 27.4. The zero-order valence-electron chi connectivity index (χ0n) is 10.6. The van der Waals surface area contributed by atoms with Gasteiger partial charge in [-0.15, -0.1) is 0 Å². The first-order chi connectivity index (χ1) is 7.65. The third kappa shape index (κ3) is 4.52. The number of hydrogen-bond donors (Lipinski definition) is 1. The Bertz CT molecular complexity index is 206. The van der Waals surface area contributed by atoms with Crippen LogP contribution in [0, 0.1) is 11.8 Å². The van der Waals surface area contributed by atoms with Gasteiger partial charge in [-0.2, -0.15) is 0 Å². The first-order valence-electron chi connectivity index (χ1n) is 6.55. The molecule has 0 aromatic rings. The van der Waals surface area contributed by atoms with Crippen molar-refractivity contribution in [1.82, 2.24) is 0 Å². The molecule has 1 fully saturated rings. The number of rotatable bonds is 5. The van der Waals surface area contributed by atoms with Gasteiger partial charge in [0.25, 0.3) is 0 Å². The lowest BCUT2D eigenvalue weighted by Gasteiger charge is -2.26. The average Bonchev–Trinajstić information content (AvgIpc) is 2.29. The highest BCUT2D eigenvalue weighted by molar-refractivity contribution is 5.69. The van der Waals surface area contributed by atoms with Crippen molar-refractivity contribution < 1.29 is 9.53 Å². The molecule has 0 saturated heterocycles. The van der Waals surface area contributed by atoms with E-state index in [0.717, 1.165) is 25.2 Å². The molecule has 1 saturated carbocycles. The summed E-state index contributed by atoms with van der Waals surface area (Å²) in [5.41, 5.74) is 5.58. The van der Waals surface area contributed by atoms with Crippen molar-refractivity contribution in [3.05, 3.63) is 0 Å². The molecule has 2 N–H and O–H groups in total. The molecule has 1 rings (SSSR count). The van der Waals surface area contributed by atoms with Gasteiger partial charge in [0.1, 0.15) is 6.10 Å². The fourth-order valence-corrected chi connectivity index (χ4v) is 2.21. The maximum Gasteiger partial charge on any atom is 0.306 e. The van der Waals surface area contributed by atoms with Gasteiger partial charge in [-0.1, -0.05) is 20.3 Å². The smallest absolute Gasteiger partial charge is 0.306 e. The third-order valence-electron chi connectivity index (χ3n) is 3.63. The number of hydrogen-bond acceptors (Lipinski definition) is 3. The Morgan fingerprint density at radius 3 is 2.50 bits per heavy atom. The highest BCUT2D eigenvalue weighted by Crippen LogP contribution is 2.26. The van der Waals surface area contributed by atoms with Gasteiger partial charge in [0.15, 0.2) is 0 Å². The van der Waals surface area contributed by atoms with E-state index in [9.17, 15) is 4.79 Å². The Labute approximate surface area is 98.7 Å². The number of ether oxygens (including phenoxy) is 1. The van der Waals surface area contributed by atoms with E-state index < -0.39 is 0 Å². The van der Waals surface area contributed by atoms with E-state index in [1.54, 1.807) is 0 Å². The highest BCUT2D eigenvalue weighted by Gasteiger charge is 2.22. The minimum absolute atomic E-state index is 0.0585. The van der Waals surface area contributed by atoms with Gasteiger partial charge in [-0.3, -0.25) is 4.79 Å². The molecule has 0 bridgehead atoms. The van der Waals surface area contributed by atoms with E-state index in [-0.39, 0.29) is 18.0 Å². The van der Waals surface area contributed by atoms with Crippen molar-refractivity contribution in [2.75, 3.05) is 6.54 Å². The van der Waals surface area contributed by atoms with Crippen LogP contribution >= 0.6 is 0 Å². The lowest BCUT2D eigenvalue weighted by atomic mass is 9.89. The summed E-state index contributed by atoms with van der Waals surface area (Å²) in [5.74, 6) is 1.02. The van der Waals surface area contributed by atoms with Gasteiger partial charge in [0, 0.05) is 6.42 Å². The maximum atomic E-state index is 11.6. The predicted molar refractivity (Wildman–Crippen MR) is 65.0 cm³/mol. The molecular formula is C13H25NO2. The van der Waals surface area contributed by atoms with Crippen LogP contribution in [0.2, 0.25) is 0 Å². The van der Waals surface area contributed by atoms with Gasteiger partial charge >= 0.3 is 5.97 Å². The van der Waals surface area contributed by atoms with Crippen molar-refractivity contribution in [2.24, 2.45) is 17.6 Å². The molecule has 0 aromatic carbocycles. The number of esters is 1. The number of carbonyl (C=O) groups excluding carboxylic acids is 1. The molecule has 94 valence electrons. The summed E-state index contributed by atoms with van der Waals surface area (Å²) in [4.78, 5) is 11.6. The van der Waals surface area contributed by atoms with Crippen LogP contribution in [0.25, 0.3) is 0 Å². The van der Waals surface area contributed by atoms with Crippen molar-refractivity contribution in [3.8, 4) is 0 Å². The number of carbonyl (C=O) groups is 1. The van der Waals surface area contributed by atoms with Crippen LogP contribution in [0.4, 0.5) is 0 Å². The fourth-order valence-electron chi connectivity index (χ4n) is 2.21. The minimum Gasteiger partial charge on any atom is -0.462 e. The van der Waals surface area contributed by atoms with Crippen LogP contribution < -0.4 is 5.73 Å². The summed E-state index contributed by atoms with van der Waals surface area (Å²) < 4.78 is 5.48. The van der Waals surface area contributed by atoms with E-state index >= 15 is 0 Å². The Hall–Kier alpha value is -0.570. The van der Waals surface area contributed by atoms with E-state index in [4.69, 9.17) is 10.5 Å². The molecule has 0 heterocycles. The van der Waals surface area contributed by atoms with E-state index in [1.165, 1.54) is 12.8 Å². The monoisotopic (exact) mass is 227 g/mol. The summed E-state index contributed by atoms with van der Waals surface area (Å²) >= 11 is 0. The molecule has 1 aliphatic rings. The molecule has 3 heteroatoms. The SMILES string of the molecule is CCC(CN)CC(=O)OC1CCC(C)CC1. The van der Waals surface area contributed by atoms with Crippen LogP contribution in [0.1, 0.15) is 52.4 Å². The zero-order chi connectivity index (χ0) is 12.0. The van der Waals surface area contributed by atoms with Crippen LogP contribution in [-0.2, 0) is 9.53 Å². The molecule has 0 amide bonds. The molecule has 1 aliphatic carbocycles. The molecule has 0 spiro atoms. The van der Waals surface area contributed by atoms with E-state index in [2.05, 4.69) is 13.8 Å². The second-order valence-corrected chi connectivity index (χ2v) is 5.09. The first kappa shape index (κ1) is 13.5. The van der Waals surface area contributed by atoms with Crippen LogP contribution in [-0.4, -0.2) is 18.6 Å². The lowest BCUT2D eigenvalue weighted by molar-refractivity contribution is -0.152. The molecular weight excluding hydrogens is 202 g/mol. The van der Waals surface area contributed by atoms with Gasteiger partial charge in [-0.05, 0) is 44.1 Å². The summed E-state index contributed by atoms with van der Waals surface area (Å²) in [5, 5.41) is 0. The number of nitrogens with two attached hydrogens (primary N) is 1. The van der Waals surface area contributed by atoms with Crippen LogP contribution in [0.5, 0.6) is 0 Å². The van der Waals surface area contributed by atoms with Gasteiger partial charge in [-0.25, -0.2) is 0 Å². The first-order valence-corrected chi connectivity index (χ1v) is 6.55. The molecule has 1 unspecified atom stereocenters. The van der Waals surface area contributed by atoms with Crippen molar-refractivity contribution in [1.29, 1.82) is 0 Å². The molecule has 0 radical (unpaired) electrons. The van der Waals surface area contributed by atoms with Crippen molar-refractivity contribution in [2.45, 2.75) is 58.5 Å². The molecule has 3 nitrogen and oxygen atoms in total. The summed E-state index contributed by atoms with van der Waals surface area (Å²) in [6, 6.07) is 0. The van der Waals surface area contributed by atoms with E-state index in [1.807, 2.05) is 0 Å². The second-order valence-electron chi connectivity index (χ2n) is 5.09. The van der Waals surface area contributed by atoms with Crippen molar-refractivity contribution >= 4 is 5.97 Å². The van der Waals surface area contributed by atoms with Gasteiger partial charge < -0.3 is 10.5 Å². The zero-order valence-corrected chi connectivity index (χ0v) is 10.6. The minimum atomic E-state index is -0.0585. The Balaban J connectivity index is 2.23. The molecule has 1 atom stereocenters. The van der Waals surface area contributed by atoms with Crippen LogP contribution in [0.3, 0.4) is 0 Å².